The zero-order valence-corrected chi connectivity index (χ0v) is 21.8. The number of nitrogens with one attached hydrogen (secondary N) is 2. The second kappa shape index (κ2) is 11.7. The lowest BCUT2D eigenvalue weighted by Gasteiger charge is -2.30. The summed E-state index contributed by atoms with van der Waals surface area (Å²) in [5.41, 5.74) is 11.4. The topological polar surface area (TPSA) is 93.8 Å². The number of nitrogen functional groups attached to an aromatic ring is 1. The second-order valence-corrected chi connectivity index (χ2v) is 9.87. The predicted octanol–water partition coefficient (Wildman–Crippen LogP) is 5.10. The van der Waals surface area contributed by atoms with Crippen LogP contribution >= 0.6 is 0 Å². The summed E-state index contributed by atoms with van der Waals surface area (Å²) in [4.78, 5) is 14.3. The SMILES string of the molecule is COCCN(C)CCOc1ccc2c(N)c(-c3ccc(NC(=O)NC(C)C)cc3)n(C3CCC3)c2c1. The third-order valence-corrected chi connectivity index (χ3v) is 6.71. The molecule has 0 spiro atoms. The third-order valence-electron chi connectivity index (χ3n) is 6.71. The molecule has 0 atom stereocenters. The number of hydrogen-bond donors (Lipinski definition) is 3. The van der Waals surface area contributed by atoms with E-state index in [1.165, 1.54) is 6.42 Å². The van der Waals surface area contributed by atoms with Crippen LogP contribution in [-0.2, 0) is 4.74 Å². The molecule has 4 rings (SSSR count). The van der Waals surface area contributed by atoms with Crippen molar-refractivity contribution in [3.05, 3.63) is 42.5 Å². The summed E-state index contributed by atoms with van der Waals surface area (Å²) in [6.07, 6.45) is 3.50. The van der Waals surface area contributed by atoms with Gasteiger partial charge in [-0.1, -0.05) is 12.1 Å². The lowest BCUT2D eigenvalue weighted by atomic mass is 9.92. The average Bonchev–Trinajstić information content (AvgIpc) is 3.08. The first kappa shape index (κ1) is 25.9. The number of rotatable bonds is 11. The number of methoxy groups -OCH3 is 1. The summed E-state index contributed by atoms with van der Waals surface area (Å²) in [6.45, 7) is 6.89. The van der Waals surface area contributed by atoms with Crippen LogP contribution < -0.4 is 21.1 Å². The maximum absolute atomic E-state index is 12.1. The Morgan fingerprint density at radius 3 is 2.50 bits per heavy atom. The van der Waals surface area contributed by atoms with E-state index in [2.05, 4.69) is 39.3 Å². The van der Waals surface area contributed by atoms with Gasteiger partial charge in [0.15, 0.2) is 0 Å². The number of carbonyl (C=O) groups is 1. The predicted molar refractivity (Wildman–Crippen MR) is 147 cm³/mol. The van der Waals surface area contributed by atoms with Crippen LogP contribution in [0.4, 0.5) is 16.2 Å². The summed E-state index contributed by atoms with van der Waals surface area (Å²) in [5, 5.41) is 6.77. The monoisotopic (exact) mass is 493 g/mol. The average molecular weight is 494 g/mol. The molecule has 0 bridgehead atoms. The molecule has 1 fully saturated rings. The fourth-order valence-electron chi connectivity index (χ4n) is 4.54. The van der Waals surface area contributed by atoms with E-state index in [0.29, 0.717) is 19.3 Å². The number of amides is 2. The van der Waals surface area contributed by atoms with Crippen LogP contribution in [0, 0.1) is 0 Å². The number of urea groups is 1. The molecular formula is C28H39N5O3. The fraction of sp³-hybridized carbons (Fsp3) is 0.464. The van der Waals surface area contributed by atoms with E-state index in [4.69, 9.17) is 15.2 Å². The molecule has 2 amide bonds. The highest BCUT2D eigenvalue weighted by Gasteiger charge is 2.27. The number of likely N-dealkylation sites (N-methyl/N-ethyl adjacent to an activating group) is 1. The van der Waals surface area contributed by atoms with Crippen LogP contribution in [0.1, 0.15) is 39.2 Å². The van der Waals surface area contributed by atoms with Crippen LogP contribution in [-0.4, -0.2) is 62.0 Å². The van der Waals surface area contributed by atoms with Gasteiger partial charge < -0.3 is 35.3 Å². The molecule has 1 heterocycles. The van der Waals surface area contributed by atoms with Gasteiger partial charge in [-0.25, -0.2) is 4.79 Å². The van der Waals surface area contributed by atoms with E-state index in [1.807, 2.05) is 44.2 Å². The molecule has 36 heavy (non-hydrogen) atoms. The van der Waals surface area contributed by atoms with Crippen LogP contribution in [0.5, 0.6) is 5.75 Å². The number of carbonyl (C=O) groups excluding carboxylic acids is 1. The highest BCUT2D eigenvalue weighted by atomic mass is 16.5. The van der Waals surface area contributed by atoms with Crippen molar-refractivity contribution >= 4 is 28.3 Å². The Morgan fingerprint density at radius 1 is 1.14 bits per heavy atom. The number of nitrogens with zero attached hydrogens (tertiary/aromatic N) is 2. The Morgan fingerprint density at radius 2 is 1.86 bits per heavy atom. The molecule has 0 radical (unpaired) electrons. The third kappa shape index (κ3) is 5.94. The molecule has 0 aliphatic heterocycles. The zero-order chi connectivity index (χ0) is 25.7. The van der Waals surface area contributed by atoms with Crippen molar-refractivity contribution in [3.8, 4) is 17.0 Å². The van der Waals surface area contributed by atoms with Crippen molar-refractivity contribution < 1.29 is 14.3 Å². The molecule has 8 nitrogen and oxygen atoms in total. The van der Waals surface area contributed by atoms with Gasteiger partial charge in [-0.3, -0.25) is 0 Å². The second-order valence-electron chi connectivity index (χ2n) is 9.87. The van der Waals surface area contributed by atoms with Crippen molar-refractivity contribution in [2.75, 3.05) is 51.5 Å². The minimum absolute atomic E-state index is 0.0766. The maximum Gasteiger partial charge on any atom is 0.319 e. The standard InChI is InChI=1S/C28H39N5O3/c1-19(2)30-28(34)31-21-10-8-20(9-11-21)27-26(29)24-13-12-23(36-17-15-32(3)14-16-35-4)18-25(24)33(27)22-6-5-7-22/h8-13,18-19,22H,5-7,14-17,29H2,1-4H3,(H2,30,31,34). The number of fused-ring (bicyclic) bond motifs is 1. The molecule has 0 saturated heterocycles. The number of aromatic nitrogens is 1. The van der Waals surface area contributed by atoms with Crippen LogP contribution in [0.2, 0.25) is 0 Å². The molecule has 1 saturated carbocycles. The Kier molecular flexibility index (Phi) is 8.38. The van der Waals surface area contributed by atoms with Gasteiger partial charge in [-0.2, -0.15) is 0 Å². The maximum atomic E-state index is 12.1. The van der Waals surface area contributed by atoms with Gasteiger partial charge in [0.1, 0.15) is 12.4 Å². The molecule has 194 valence electrons. The number of ether oxygens (including phenoxy) is 2. The first-order valence-corrected chi connectivity index (χ1v) is 12.8. The lowest BCUT2D eigenvalue weighted by Crippen LogP contribution is -2.34. The van der Waals surface area contributed by atoms with Crippen LogP contribution in [0.3, 0.4) is 0 Å². The smallest absolute Gasteiger partial charge is 0.319 e. The van der Waals surface area contributed by atoms with Crippen LogP contribution in [0.15, 0.2) is 42.5 Å². The van der Waals surface area contributed by atoms with Gasteiger partial charge in [0.05, 0.1) is 23.5 Å². The molecule has 3 aromatic rings. The quantitative estimate of drug-likeness (QED) is 0.345. The summed E-state index contributed by atoms with van der Waals surface area (Å²) in [5.74, 6) is 0.850. The summed E-state index contributed by atoms with van der Waals surface area (Å²) in [7, 11) is 3.78. The van der Waals surface area contributed by atoms with Crippen molar-refractivity contribution in [2.45, 2.75) is 45.2 Å². The summed E-state index contributed by atoms with van der Waals surface area (Å²) < 4.78 is 13.6. The van der Waals surface area contributed by atoms with Gasteiger partial charge in [0.2, 0.25) is 0 Å². The minimum atomic E-state index is -0.210. The number of benzene rings is 2. The van der Waals surface area contributed by atoms with E-state index in [0.717, 1.165) is 65.2 Å². The van der Waals surface area contributed by atoms with Gasteiger partial charge >= 0.3 is 6.03 Å². The van der Waals surface area contributed by atoms with Crippen LogP contribution in [0.25, 0.3) is 22.2 Å². The fourth-order valence-corrected chi connectivity index (χ4v) is 4.54. The molecule has 1 aliphatic carbocycles. The van der Waals surface area contributed by atoms with Crippen molar-refractivity contribution in [2.24, 2.45) is 0 Å². The first-order valence-electron chi connectivity index (χ1n) is 12.8. The van der Waals surface area contributed by atoms with E-state index in [9.17, 15) is 4.79 Å². The van der Waals surface area contributed by atoms with Crippen molar-refractivity contribution in [1.82, 2.24) is 14.8 Å². The minimum Gasteiger partial charge on any atom is -0.492 e. The van der Waals surface area contributed by atoms with Gasteiger partial charge in [0.25, 0.3) is 0 Å². The molecular weight excluding hydrogens is 454 g/mol. The molecule has 1 aliphatic rings. The number of nitrogens with two attached hydrogens (primary N) is 1. The molecule has 4 N–H and O–H groups in total. The normalized spacial score (nSPS) is 13.8. The van der Waals surface area contributed by atoms with Crippen molar-refractivity contribution in [1.29, 1.82) is 0 Å². The van der Waals surface area contributed by atoms with E-state index in [-0.39, 0.29) is 12.1 Å². The molecule has 2 aromatic carbocycles. The Labute approximate surface area is 213 Å². The van der Waals surface area contributed by atoms with Gasteiger partial charge in [0, 0.05) is 55.0 Å². The Balaban J connectivity index is 1.58. The van der Waals surface area contributed by atoms with E-state index in [1.54, 1.807) is 7.11 Å². The molecule has 8 heteroatoms. The van der Waals surface area contributed by atoms with E-state index < -0.39 is 0 Å². The Bertz CT molecular complexity index is 1170. The van der Waals surface area contributed by atoms with Gasteiger partial charge in [-0.15, -0.1) is 0 Å². The molecule has 1 aromatic heterocycles. The summed E-state index contributed by atoms with van der Waals surface area (Å²) >= 11 is 0. The number of hydrogen-bond acceptors (Lipinski definition) is 5. The first-order chi connectivity index (χ1) is 17.4. The highest BCUT2D eigenvalue weighted by Crippen LogP contribution is 2.44. The largest absolute Gasteiger partial charge is 0.492 e. The molecule has 0 unspecified atom stereocenters. The Hall–Kier alpha value is -3.23. The number of anilines is 2. The lowest BCUT2D eigenvalue weighted by molar-refractivity contribution is 0.150. The zero-order valence-electron chi connectivity index (χ0n) is 21.8. The van der Waals surface area contributed by atoms with Crippen molar-refractivity contribution in [3.63, 3.8) is 0 Å². The highest BCUT2D eigenvalue weighted by molar-refractivity contribution is 6.02. The summed E-state index contributed by atoms with van der Waals surface area (Å²) in [6, 6.07) is 14.4. The van der Waals surface area contributed by atoms with E-state index >= 15 is 0 Å². The van der Waals surface area contributed by atoms with Gasteiger partial charge in [-0.05, 0) is 64.4 Å².